The molecule has 18 heavy (non-hydrogen) atoms. The number of nitrogens with zero attached hydrogens (tertiary/aromatic N) is 4. The molecule has 0 bridgehead atoms. The third-order valence-electron chi connectivity index (χ3n) is 2.87. The van der Waals surface area contributed by atoms with Crippen molar-refractivity contribution in [2.75, 3.05) is 11.9 Å². The minimum atomic E-state index is -2.76. The lowest BCUT2D eigenvalue weighted by Crippen LogP contribution is -2.23. The van der Waals surface area contributed by atoms with Crippen LogP contribution >= 0.6 is 0 Å². The van der Waals surface area contributed by atoms with Gasteiger partial charge in [-0.15, -0.1) is 10.2 Å². The van der Waals surface area contributed by atoms with Gasteiger partial charge in [0.1, 0.15) is 6.33 Å². The lowest BCUT2D eigenvalue weighted by molar-refractivity contribution is 0.0368. The smallest absolute Gasteiger partial charge is 0.262 e. The number of aromatic nitrogens is 4. The second-order valence-electron chi connectivity index (χ2n) is 4.78. The molecule has 1 fully saturated rings. The minimum Gasteiger partial charge on any atom is -0.376 e. The number of hydrogen-bond donors (Lipinski definition) is 1. The molecule has 0 saturated heterocycles. The van der Waals surface area contributed by atoms with E-state index in [-0.39, 0.29) is 0 Å². The summed E-state index contributed by atoms with van der Waals surface area (Å²) >= 11 is 0. The van der Waals surface area contributed by atoms with E-state index in [0.717, 1.165) is 25.5 Å². The van der Waals surface area contributed by atoms with E-state index in [2.05, 4.69) is 20.6 Å². The third kappa shape index (κ3) is 2.25. The molecule has 0 aromatic carbocycles. The quantitative estimate of drug-likeness (QED) is 0.906. The highest BCUT2D eigenvalue weighted by Gasteiger charge is 2.27. The molecule has 2 aromatic rings. The van der Waals surface area contributed by atoms with Crippen LogP contribution in [0.5, 0.6) is 0 Å². The Labute approximate surface area is 102 Å². The Morgan fingerprint density at radius 1 is 1.50 bits per heavy atom. The summed E-state index contributed by atoms with van der Waals surface area (Å²) < 4.78 is 27.3. The van der Waals surface area contributed by atoms with Gasteiger partial charge in [-0.3, -0.25) is 0 Å². The van der Waals surface area contributed by atoms with Crippen molar-refractivity contribution in [3.8, 4) is 0 Å². The highest BCUT2D eigenvalue weighted by atomic mass is 19.3. The van der Waals surface area contributed by atoms with Gasteiger partial charge in [-0.1, -0.05) is 0 Å². The summed E-state index contributed by atoms with van der Waals surface area (Å²) in [5.41, 5.74) is 1.94. The largest absolute Gasteiger partial charge is 0.376 e. The average Bonchev–Trinajstić information content (AvgIpc) is 3.03. The first-order valence-electron chi connectivity index (χ1n) is 5.85. The molecule has 0 aliphatic heterocycles. The van der Waals surface area contributed by atoms with Crippen LogP contribution in [0.3, 0.4) is 0 Å². The highest BCUT2D eigenvalue weighted by Crippen LogP contribution is 2.39. The van der Waals surface area contributed by atoms with Crippen LogP contribution in [0.25, 0.3) is 5.65 Å². The van der Waals surface area contributed by atoms with Gasteiger partial charge in [0.05, 0.1) is 17.9 Å². The number of anilines is 1. The minimum absolute atomic E-state index is 0.427. The molecule has 1 aliphatic carbocycles. The summed E-state index contributed by atoms with van der Waals surface area (Å²) in [4.78, 5) is 0. The number of fused-ring (bicyclic) bond motifs is 1. The SMILES string of the molecule is CC(F)(F)CNc1cc(C2CC2)nn2cnnc12. The maximum atomic E-state index is 12.9. The predicted molar refractivity (Wildman–Crippen MR) is 61.9 cm³/mol. The van der Waals surface area contributed by atoms with E-state index in [1.165, 1.54) is 10.8 Å². The predicted octanol–water partition coefficient (Wildman–Crippen LogP) is 2.07. The molecule has 1 N–H and O–H groups in total. The molecule has 5 nitrogen and oxygen atoms in total. The van der Waals surface area contributed by atoms with E-state index in [1.807, 2.05) is 0 Å². The molecule has 0 radical (unpaired) electrons. The first kappa shape index (κ1) is 11.3. The zero-order valence-corrected chi connectivity index (χ0v) is 9.90. The molecule has 2 heterocycles. The van der Waals surface area contributed by atoms with Crippen molar-refractivity contribution in [3.63, 3.8) is 0 Å². The van der Waals surface area contributed by atoms with Crippen molar-refractivity contribution >= 4 is 11.3 Å². The van der Waals surface area contributed by atoms with Crippen LogP contribution in [0, 0.1) is 0 Å². The van der Waals surface area contributed by atoms with Crippen molar-refractivity contribution in [3.05, 3.63) is 18.1 Å². The molecule has 2 aromatic heterocycles. The van der Waals surface area contributed by atoms with E-state index in [4.69, 9.17) is 0 Å². The third-order valence-corrected chi connectivity index (χ3v) is 2.87. The summed E-state index contributed by atoms with van der Waals surface area (Å²) in [6.07, 6.45) is 3.69. The van der Waals surface area contributed by atoms with Gasteiger partial charge in [0.25, 0.3) is 5.92 Å². The van der Waals surface area contributed by atoms with E-state index >= 15 is 0 Å². The Bertz CT molecular complexity index is 570. The second-order valence-corrected chi connectivity index (χ2v) is 4.78. The lowest BCUT2D eigenvalue weighted by Gasteiger charge is -2.13. The normalized spacial score (nSPS) is 16.2. The molecule has 0 amide bonds. The molecule has 7 heteroatoms. The van der Waals surface area contributed by atoms with Gasteiger partial charge in [-0.05, 0) is 18.9 Å². The second kappa shape index (κ2) is 3.86. The molecular formula is C11H13F2N5. The summed E-state index contributed by atoms with van der Waals surface area (Å²) in [7, 11) is 0. The fraction of sp³-hybridized carbons (Fsp3) is 0.545. The van der Waals surface area contributed by atoms with E-state index in [0.29, 0.717) is 17.3 Å². The van der Waals surface area contributed by atoms with Crippen LogP contribution < -0.4 is 5.32 Å². The molecule has 0 unspecified atom stereocenters. The van der Waals surface area contributed by atoms with Gasteiger partial charge in [0.15, 0.2) is 0 Å². The van der Waals surface area contributed by atoms with Crippen LogP contribution in [0.2, 0.25) is 0 Å². The van der Waals surface area contributed by atoms with Crippen LogP contribution in [0.1, 0.15) is 31.4 Å². The lowest BCUT2D eigenvalue weighted by atomic mass is 10.2. The van der Waals surface area contributed by atoms with Crippen LogP contribution in [0.4, 0.5) is 14.5 Å². The number of nitrogens with one attached hydrogen (secondary N) is 1. The maximum absolute atomic E-state index is 12.9. The Morgan fingerprint density at radius 2 is 2.28 bits per heavy atom. The molecule has 96 valence electrons. The fourth-order valence-corrected chi connectivity index (χ4v) is 1.81. The first-order chi connectivity index (χ1) is 8.53. The van der Waals surface area contributed by atoms with Gasteiger partial charge in [-0.2, -0.15) is 9.61 Å². The van der Waals surface area contributed by atoms with Gasteiger partial charge in [0.2, 0.25) is 5.65 Å². The van der Waals surface area contributed by atoms with Crippen LogP contribution in [0.15, 0.2) is 12.4 Å². The van der Waals surface area contributed by atoms with Crippen LogP contribution in [-0.4, -0.2) is 32.3 Å². The number of hydrogen-bond acceptors (Lipinski definition) is 4. The van der Waals surface area contributed by atoms with Crippen LogP contribution in [-0.2, 0) is 0 Å². The highest BCUT2D eigenvalue weighted by molar-refractivity contribution is 5.67. The zero-order valence-electron chi connectivity index (χ0n) is 9.90. The van der Waals surface area contributed by atoms with Crippen molar-refractivity contribution in [1.29, 1.82) is 0 Å². The zero-order chi connectivity index (χ0) is 12.8. The number of rotatable bonds is 4. The van der Waals surface area contributed by atoms with Gasteiger partial charge >= 0.3 is 0 Å². The summed E-state index contributed by atoms with van der Waals surface area (Å²) in [5.74, 6) is -2.32. The Hall–Kier alpha value is -1.79. The Kier molecular flexibility index (Phi) is 2.42. The van der Waals surface area contributed by atoms with E-state index in [9.17, 15) is 8.78 Å². The monoisotopic (exact) mass is 253 g/mol. The number of alkyl halides is 2. The number of halogens is 2. The maximum Gasteiger partial charge on any atom is 0.262 e. The Morgan fingerprint density at radius 3 is 2.94 bits per heavy atom. The first-order valence-corrected chi connectivity index (χ1v) is 5.85. The molecule has 3 rings (SSSR count). The van der Waals surface area contributed by atoms with Crippen molar-refractivity contribution in [2.24, 2.45) is 0 Å². The summed E-state index contributed by atoms with van der Waals surface area (Å²) in [5, 5.41) is 14.7. The van der Waals surface area contributed by atoms with E-state index < -0.39 is 12.5 Å². The molecule has 0 atom stereocenters. The summed E-state index contributed by atoms with van der Waals surface area (Å²) in [6, 6.07) is 1.80. The van der Waals surface area contributed by atoms with Crippen molar-refractivity contribution < 1.29 is 8.78 Å². The fourth-order valence-electron chi connectivity index (χ4n) is 1.81. The van der Waals surface area contributed by atoms with Crippen molar-refractivity contribution in [2.45, 2.75) is 31.6 Å². The van der Waals surface area contributed by atoms with E-state index in [1.54, 1.807) is 6.07 Å². The van der Waals surface area contributed by atoms with Gasteiger partial charge in [-0.25, -0.2) is 8.78 Å². The van der Waals surface area contributed by atoms with Gasteiger partial charge < -0.3 is 5.32 Å². The molecule has 1 aliphatic rings. The topological polar surface area (TPSA) is 55.1 Å². The standard InChI is InChI=1S/C11H13F2N5/c1-11(12,13)5-14-9-4-8(7-2-3-7)17-18-6-15-16-10(9)18/h4,6-7,14H,2-3,5H2,1H3. The van der Waals surface area contributed by atoms with Crippen molar-refractivity contribution in [1.82, 2.24) is 19.8 Å². The molecule has 1 saturated carbocycles. The molecule has 0 spiro atoms. The molecular weight excluding hydrogens is 240 g/mol. The van der Waals surface area contributed by atoms with Gasteiger partial charge in [0, 0.05) is 12.8 Å². The Balaban J connectivity index is 1.95. The summed E-state index contributed by atoms with van der Waals surface area (Å²) in [6.45, 7) is 0.452. The average molecular weight is 253 g/mol.